The van der Waals surface area contributed by atoms with Crippen molar-refractivity contribution in [3.63, 3.8) is 0 Å². The third-order valence-electron chi connectivity index (χ3n) is 2.29. The average Bonchev–Trinajstić information content (AvgIpc) is 2.63. The lowest BCUT2D eigenvalue weighted by molar-refractivity contribution is 0.927. The number of benzene rings is 1. The van der Waals surface area contributed by atoms with Crippen LogP contribution in [-0.4, -0.2) is 4.57 Å². The summed E-state index contributed by atoms with van der Waals surface area (Å²) < 4.78 is 1.82. The van der Waals surface area contributed by atoms with Gasteiger partial charge in [0.2, 0.25) is 0 Å². The lowest BCUT2D eigenvalue weighted by Crippen LogP contribution is -1.81. The van der Waals surface area contributed by atoms with Gasteiger partial charge in [0, 0.05) is 40.6 Å². The fourth-order valence-corrected chi connectivity index (χ4v) is 1.98. The largest absolute Gasteiger partial charge is 0.355 e. The second-order valence-electron chi connectivity index (χ2n) is 3.49. The summed E-state index contributed by atoms with van der Waals surface area (Å²) >= 11 is 12.0. The summed E-state index contributed by atoms with van der Waals surface area (Å²) in [5.41, 5.74) is 2.18. The Bertz CT molecular complexity index is 579. The SMILES string of the molecule is Cn1cc(C#N)c(-c2cc(Cl)ccc2Cl)c1. The van der Waals surface area contributed by atoms with E-state index in [1.165, 1.54) is 0 Å². The van der Waals surface area contributed by atoms with Gasteiger partial charge in [-0.3, -0.25) is 0 Å². The molecule has 0 saturated heterocycles. The van der Waals surface area contributed by atoms with Crippen molar-refractivity contribution in [1.82, 2.24) is 4.57 Å². The minimum atomic E-state index is 0.590. The molecule has 0 aliphatic carbocycles. The van der Waals surface area contributed by atoms with Crippen molar-refractivity contribution in [3.8, 4) is 17.2 Å². The number of rotatable bonds is 1. The van der Waals surface area contributed by atoms with Crippen molar-refractivity contribution < 1.29 is 0 Å². The number of aryl methyl sites for hydroxylation is 1. The van der Waals surface area contributed by atoms with Gasteiger partial charge in [-0.05, 0) is 18.2 Å². The van der Waals surface area contributed by atoms with Crippen molar-refractivity contribution in [2.45, 2.75) is 0 Å². The number of halogens is 2. The van der Waals surface area contributed by atoms with E-state index in [2.05, 4.69) is 6.07 Å². The maximum atomic E-state index is 9.01. The van der Waals surface area contributed by atoms with Crippen molar-refractivity contribution in [2.75, 3.05) is 0 Å². The van der Waals surface area contributed by atoms with Crippen LogP contribution in [0.3, 0.4) is 0 Å². The summed E-state index contributed by atoms with van der Waals surface area (Å²) in [7, 11) is 1.86. The van der Waals surface area contributed by atoms with Crippen LogP contribution in [0.25, 0.3) is 11.1 Å². The van der Waals surface area contributed by atoms with Crippen LogP contribution in [0.2, 0.25) is 10.0 Å². The molecule has 4 heteroatoms. The minimum absolute atomic E-state index is 0.590. The highest BCUT2D eigenvalue weighted by molar-refractivity contribution is 6.35. The van der Waals surface area contributed by atoms with E-state index in [0.29, 0.717) is 15.6 Å². The van der Waals surface area contributed by atoms with Gasteiger partial charge in [-0.2, -0.15) is 5.26 Å². The van der Waals surface area contributed by atoms with Crippen LogP contribution >= 0.6 is 23.2 Å². The molecule has 0 radical (unpaired) electrons. The summed E-state index contributed by atoms with van der Waals surface area (Å²) in [5, 5.41) is 10.2. The number of hydrogen-bond acceptors (Lipinski definition) is 1. The number of aromatic nitrogens is 1. The molecule has 16 heavy (non-hydrogen) atoms. The zero-order chi connectivity index (χ0) is 11.7. The van der Waals surface area contributed by atoms with Gasteiger partial charge in [-0.15, -0.1) is 0 Å². The molecule has 1 aromatic heterocycles. The standard InChI is InChI=1S/C12H8Cl2N2/c1-16-6-8(5-15)11(7-16)10-4-9(13)2-3-12(10)14/h2-4,6-7H,1H3. The van der Waals surface area contributed by atoms with Gasteiger partial charge in [0.25, 0.3) is 0 Å². The second kappa shape index (κ2) is 4.21. The molecule has 80 valence electrons. The molecule has 2 aromatic rings. The predicted octanol–water partition coefficient (Wildman–Crippen LogP) is 3.87. The molecule has 0 atom stereocenters. The first-order valence-electron chi connectivity index (χ1n) is 4.63. The highest BCUT2D eigenvalue weighted by Crippen LogP contribution is 2.32. The summed E-state index contributed by atoms with van der Waals surface area (Å²) in [6, 6.07) is 7.36. The van der Waals surface area contributed by atoms with E-state index in [1.807, 2.05) is 17.8 Å². The Labute approximate surface area is 104 Å². The Morgan fingerprint density at radius 1 is 1.19 bits per heavy atom. The smallest absolute Gasteiger partial charge is 0.101 e. The van der Waals surface area contributed by atoms with Crippen LogP contribution in [0.4, 0.5) is 0 Å². The van der Waals surface area contributed by atoms with E-state index in [0.717, 1.165) is 11.1 Å². The third kappa shape index (κ3) is 1.92. The summed E-state index contributed by atoms with van der Waals surface area (Å²) in [4.78, 5) is 0. The van der Waals surface area contributed by atoms with Gasteiger partial charge < -0.3 is 4.57 Å². The minimum Gasteiger partial charge on any atom is -0.355 e. The summed E-state index contributed by atoms with van der Waals surface area (Å²) in [6.45, 7) is 0. The molecule has 0 N–H and O–H groups in total. The Morgan fingerprint density at radius 2 is 1.94 bits per heavy atom. The molecule has 0 spiro atoms. The van der Waals surface area contributed by atoms with E-state index in [1.54, 1.807) is 24.4 Å². The first-order valence-corrected chi connectivity index (χ1v) is 5.39. The Morgan fingerprint density at radius 3 is 2.62 bits per heavy atom. The molecular weight excluding hydrogens is 243 g/mol. The number of hydrogen-bond donors (Lipinski definition) is 0. The van der Waals surface area contributed by atoms with Crippen molar-refractivity contribution in [2.24, 2.45) is 7.05 Å². The van der Waals surface area contributed by atoms with Crippen molar-refractivity contribution in [3.05, 3.63) is 46.2 Å². The fraction of sp³-hybridized carbons (Fsp3) is 0.0833. The first-order chi connectivity index (χ1) is 7.61. The normalized spacial score (nSPS) is 10.1. The predicted molar refractivity (Wildman–Crippen MR) is 65.6 cm³/mol. The maximum absolute atomic E-state index is 9.01. The van der Waals surface area contributed by atoms with Crippen LogP contribution < -0.4 is 0 Å². The summed E-state index contributed by atoms with van der Waals surface area (Å²) in [6.07, 6.45) is 3.61. The average molecular weight is 251 g/mol. The lowest BCUT2D eigenvalue weighted by atomic mass is 10.1. The van der Waals surface area contributed by atoms with E-state index in [4.69, 9.17) is 28.5 Å². The van der Waals surface area contributed by atoms with E-state index < -0.39 is 0 Å². The monoisotopic (exact) mass is 250 g/mol. The molecular formula is C12H8Cl2N2. The van der Waals surface area contributed by atoms with Crippen LogP contribution in [-0.2, 0) is 7.05 Å². The van der Waals surface area contributed by atoms with Crippen molar-refractivity contribution >= 4 is 23.2 Å². The number of nitriles is 1. The second-order valence-corrected chi connectivity index (χ2v) is 4.33. The molecule has 0 unspecified atom stereocenters. The fourth-order valence-electron chi connectivity index (χ4n) is 1.59. The Hall–Kier alpha value is -1.43. The van der Waals surface area contributed by atoms with Gasteiger partial charge in [0.1, 0.15) is 6.07 Å². The molecule has 2 nitrogen and oxygen atoms in total. The number of nitrogens with zero attached hydrogens (tertiary/aromatic N) is 2. The van der Waals surface area contributed by atoms with Crippen LogP contribution in [0.15, 0.2) is 30.6 Å². The quantitative estimate of drug-likeness (QED) is 0.756. The van der Waals surface area contributed by atoms with Crippen molar-refractivity contribution in [1.29, 1.82) is 5.26 Å². The molecule has 2 rings (SSSR count). The molecule has 0 aliphatic heterocycles. The highest BCUT2D eigenvalue weighted by atomic mass is 35.5. The molecule has 1 aromatic carbocycles. The van der Waals surface area contributed by atoms with E-state index >= 15 is 0 Å². The highest BCUT2D eigenvalue weighted by Gasteiger charge is 2.11. The van der Waals surface area contributed by atoms with E-state index in [-0.39, 0.29) is 0 Å². The molecule has 0 fully saturated rings. The van der Waals surface area contributed by atoms with Gasteiger partial charge in [0.05, 0.1) is 5.56 Å². The Balaban J connectivity index is 2.67. The molecule has 0 bridgehead atoms. The maximum Gasteiger partial charge on any atom is 0.101 e. The molecule has 1 heterocycles. The van der Waals surface area contributed by atoms with Gasteiger partial charge in [-0.25, -0.2) is 0 Å². The molecule has 0 aliphatic rings. The Kier molecular flexibility index (Phi) is 2.91. The van der Waals surface area contributed by atoms with Gasteiger partial charge >= 0.3 is 0 Å². The third-order valence-corrected chi connectivity index (χ3v) is 2.86. The van der Waals surface area contributed by atoms with Gasteiger partial charge in [0.15, 0.2) is 0 Å². The topological polar surface area (TPSA) is 28.7 Å². The zero-order valence-corrected chi connectivity index (χ0v) is 10.0. The zero-order valence-electron chi connectivity index (χ0n) is 8.54. The van der Waals surface area contributed by atoms with Crippen LogP contribution in [0.1, 0.15) is 5.56 Å². The van der Waals surface area contributed by atoms with Gasteiger partial charge in [-0.1, -0.05) is 23.2 Å². The lowest BCUT2D eigenvalue weighted by Gasteiger charge is -2.03. The molecule has 0 amide bonds. The van der Waals surface area contributed by atoms with Crippen LogP contribution in [0.5, 0.6) is 0 Å². The van der Waals surface area contributed by atoms with Crippen LogP contribution in [0, 0.1) is 11.3 Å². The first kappa shape index (κ1) is 11.1. The van der Waals surface area contributed by atoms with E-state index in [9.17, 15) is 0 Å². The molecule has 0 saturated carbocycles. The summed E-state index contributed by atoms with van der Waals surface area (Å²) in [5.74, 6) is 0.